The molecule has 1 saturated heterocycles. The topological polar surface area (TPSA) is 32.7 Å². The second kappa shape index (κ2) is 5.90. The van der Waals surface area contributed by atoms with Crippen LogP contribution in [0.15, 0.2) is 24.3 Å². The van der Waals surface area contributed by atoms with Gasteiger partial charge < -0.3 is 14.7 Å². The Morgan fingerprint density at radius 3 is 2.45 bits per heavy atom. The van der Waals surface area contributed by atoms with E-state index in [9.17, 15) is 5.11 Å². The molecule has 1 N–H and O–H groups in total. The first-order valence-corrected chi connectivity index (χ1v) is 8.09. The molecular formula is C18H29BNO2. The Labute approximate surface area is 135 Å². The van der Waals surface area contributed by atoms with E-state index in [0.717, 1.165) is 18.6 Å². The lowest BCUT2D eigenvalue weighted by Crippen LogP contribution is -2.49. The van der Waals surface area contributed by atoms with Crippen molar-refractivity contribution in [2.45, 2.75) is 59.2 Å². The van der Waals surface area contributed by atoms with Gasteiger partial charge in [-0.15, -0.1) is 0 Å². The highest BCUT2D eigenvalue weighted by Gasteiger charge is 2.35. The predicted octanol–water partition coefficient (Wildman–Crippen LogP) is 2.73. The van der Waals surface area contributed by atoms with Crippen LogP contribution < -0.4 is 10.4 Å². The molecule has 1 radical (unpaired) electrons. The van der Waals surface area contributed by atoms with Gasteiger partial charge in [0.25, 0.3) is 0 Å². The number of rotatable bonds is 5. The van der Waals surface area contributed by atoms with Crippen LogP contribution in [0.1, 0.15) is 48.0 Å². The molecule has 1 aliphatic rings. The zero-order chi connectivity index (χ0) is 16.6. The first kappa shape index (κ1) is 17.4. The van der Waals surface area contributed by atoms with Crippen molar-refractivity contribution in [3.8, 4) is 0 Å². The molecule has 3 nitrogen and oxygen atoms in total. The third-order valence-corrected chi connectivity index (χ3v) is 4.88. The van der Waals surface area contributed by atoms with Crippen molar-refractivity contribution in [3.05, 3.63) is 24.3 Å². The molecule has 4 heteroatoms. The van der Waals surface area contributed by atoms with Gasteiger partial charge in [0.15, 0.2) is 0 Å². The van der Waals surface area contributed by atoms with Gasteiger partial charge in [0, 0.05) is 18.8 Å². The second-order valence-corrected chi connectivity index (χ2v) is 8.24. The van der Waals surface area contributed by atoms with Crippen LogP contribution in [-0.2, 0) is 4.65 Å². The minimum atomic E-state index is -0.903. The summed E-state index contributed by atoms with van der Waals surface area (Å²) in [5.74, 6) is 0. The van der Waals surface area contributed by atoms with Crippen LogP contribution in [0.3, 0.4) is 0 Å². The van der Waals surface area contributed by atoms with Crippen LogP contribution in [-0.4, -0.2) is 36.9 Å². The summed E-state index contributed by atoms with van der Waals surface area (Å²) < 4.78 is 5.85. The number of anilines is 1. The van der Waals surface area contributed by atoms with Gasteiger partial charge in [-0.05, 0) is 51.7 Å². The Kier molecular flexibility index (Phi) is 4.65. The minimum absolute atomic E-state index is 0.388. The van der Waals surface area contributed by atoms with Gasteiger partial charge in [-0.25, -0.2) is 0 Å². The molecule has 2 rings (SSSR count). The van der Waals surface area contributed by atoms with E-state index in [0.29, 0.717) is 5.41 Å². The summed E-state index contributed by atoms with van der Waals surface area (Å²) in [6, 6.07) is 8.40. The Bertz CT molecular complexity index is 520. The molecule has 0 amide bonds. The van der Waals surface area contributed by atoms with Crippen molar-refractivity contribution in [2.24, 2.45) is 5.41 Å². The lowest BCUT2D eigenvalue weighted by atomic mass is 9.82. The highest BCUT2D eigenvalue weighted by Crippen LogP contribution is 2.32. The van der Waals surface area contributed by atoms with E-state index in [-0.39, 0.29) is 0 Å². The van der Waals surface area contributed by atoms with E-state index in [1.54, 1.807) is 21.3 Å². The molecule has 121 valence electrons. The van der Waals surface area contributed by atoms with Crippen molar-refractivity contribution < 1.29 is 9.76 Å². The molecule has 0 bridgehead atoms. The van der Waals surface area contributed by atoms with Crippen molar-refractivity contribution in [3.63, 3.8) is 0 Å². The fourth-order valence-corrected chi connectivity index (χ4v) is 2.49. The number of nitrogens with zero attached hydrogens (tertiary/aromatic N) is 1. The van der Waals surface area contributed by atoms with Crippen molar-refractivity contribution in [1.29, 1.82) is 0 Å². The van der Waals surface area contributed by atoms with Crippen molar-refractivity contribution in [1.82, 2.24) is 0 Å². The third-order valence-electron chi connectivity index (χ3n) is 4.88. The maximum Gasteiger partial charge on any atom is 0.330 e. The summed E-state index contributed by atoms with van der Waals surface area (Å²) in [7, 11) is 1.75. The summed E-state index contributed by atoms with van der Waals surface area (Å²) in [6.07, 6.45) is 1.23. The van der Waals surface area contributed by atoms with Crippen LogP contribution in [0.5, 0.6) is 0 Å². The Morgan fingerprint density at radius 1 is 1.23 bits per heavy atom. The average Bonchev–Trinajstić information content (AvgIpc) is 2.76. The van der Waals surface area contributed by atoms with Gasteiger partial charge in [-0.3, -0.25) is 0 Å². The molecule has 22 heavy (non-hydrogen) atoms. The summed E-state index contributed by atoms with van der Waals surface area (Å²) >= 11 is 0. The smallest absolute Gasteiger partial charge is 0.330 e. The maximum absolute atomic E-state index is 10.2. The molecule has 0 aromatic heterocycles. The van der Waals surface area contributed by atoms with Crippen LogP contribution in [0.2, 0.25) is 0 Å². The largest absolute Gasteiger partial charge is 0.427 e. The molecule has 1 fully saturated rings. The van der Waals surface area contributed by atoms with Gasteiger partial charge in [-0.2, -0.15) is 0 Å². The van der Waals surface area contributed by atoms with Crippen molar-refractivity contribution >= 4 is 18.6 Å². The first-order chi connectivity index (χ1) is 10.0. The van der Waals surface area contributed by atoms with Gasteiger partial charge >= 0.3 is 7.48 Å². The molecule has 0 atom stereocenters. The van der Waals surface area contributed by atoms with Crippen LogP contribution >= 0.6 is 0 Å². The number of benzene rings is 1. The average molecular weight is 302 g/mol. The summed E-state index contributed by atoms with van der Waals surface area (Å²) in [5, 5.41) is 10.2. The third kappa shape index (κ3) is 4.05. The van der Waals surface area contributed by atoms with Gasteiger partial charge in [0.1, 0.15) is 0 Å². The molecular weight excluding hydrogens is 273 g/mol. The van der Waals surface area contributed by atoms with Crippen LogP contribution in [0.25, 0.3) is 0 Å². The fourth-order valence-electron chi connectivity index (χ4n) is 2.49. The van der Waals surface area contributed by atoms with E-state index in [2.05, 4.69) is 36.9 Å². The lowest BCUT2D eigenvalue weighted by Gasteiger charge is -2.37. The minimum Gasteiger partial charge on any atom is -0.427 e. The van der Waals surface area contributed by atoms with E-state index in [1.807, 2.05) is 19.9 Å². The molecule has 1 aromatic rings. The van der Waals surface area contributed by atoms with E-state index < -0.39 is 11.2 Å². The molecule has 1 aliphatic heterocycles. The van der Waals surface area contributed by atoms with Crippen LogP contribution in [0.4, 0.5) is 5.69 Å². The quantitative estimate of drug-likeness (QED) is 0.849. The molecule has 0 saturated carbocycles. The molecule has 0 aliphatic carbocycles. The summed E-state index contributed by atoms with van der Waals surface area (Å²) in [5.41, 5.74) is 1.11. The molecule has 0 unspecified atom stereocenters. The highest BCUT2D eigenvalue weighted by atomic mass is 16.5. The Morgan fingerprint density at radius 2 is 1.91 bits per heavy atom. The number of hydrogen-bond acceptors (Lipinski definition) is 3. The number of aliphatic hydroxyl groups is 1. The van der Waals surface area contributed by atoms with Gasteiger partial charge in [0.05, 0.1) is 11.2 Å². The number of hydrogen-bond donors (Lipinski definition) is 1. The molecule has 1 heterocycles. The standard InChI is InChI=1S/C18H29BNO2/c1-16(2)10-11-20(13-16)15-9-7-8-14(12-15)19-22-18(5,6)17(3,4)21/h7-9,12,21H,10-11,13H2,1-6H3. The highest BCUT2D eigenvalue weighted by molar-refractivity contribution is 6.47. The monoisotopic (exact) mass is 302 g/mol. The van der Waals surface area contributed by atoms with Crippen LogP contribution in [0, 0.1) is 5.41 Å². The lowest BCUT2D eigenvalue weighted by molar-refractivity contribution is -0.0893. The predicted molar refractivity (Wildman–Crippen MR) is 93.9 cm³/mol. The van der Waals surface area contributed by atoms with E-state index in [4.69, 9.17) is 4.65 Å². The Balaban J connectivity index is 2.04. The second-order valence-electron chi connectivity index (χ2n) is 8.24. The zero-order valence-electron chi connectivity index (χ0n) is 14.8. The zero-order valence-corrected chi connectivity index (χ0v) is 14.8. The molecule has 1 aromatic carbocycles. The summed E-state index contributed by atoms with van der Waals surface area (Å²) in [6.45, 7) is 14.2. The van der Waals surface area contributed by atoms with Gasteiger partial charge in [-0.1, -0.05) is 31.4 Å². The normalized spacial score (nSPS) is 18.6. The maximum atomic E-state index is 10.2. The Hall–Kier alpha value is -0.995. The van der Waals surface area contributed by atoms with Gasteiger partial charge in [0.2, 0.25) is 0 Å². The summed E-state index contributed by atoms with van der Waals surface area (Å²) in [4.78, 5) is 2.43. The van der Waals surface area contributed by atoms with E-state index in [1.165, 1.54) is 12.1 Å². The fraction of sp³-hybridized carbons (Fsp3) is 0.667. The molecule has 0 spiro atoms. The van der Waals surface area contributed by atoms with Crippen molar-refractivity contribution in [2.75, 3.05) is 18.0 Å². The van der Waals surface area contributed by atoms with E-state index >= 15 is 0 Å². The SMILES string of the molecule is CC1(C)CCN(c2cccc([B]OC(C)(C)C(C)(C)O)c2)C1. The first-order valence-electron chi connectivity index (χ1n) is 8.09.